The molecular formula is C19H16F4N6O3. The van der Waals surface area contributed by atoms with Gasteiger partial charge in [0, 0.05) is 17.3 Å². The number of amides is 1. The Kier molecular flexibility index (Phi) is 5.50. The Balaban J connectivity index is 1.54. The van der Waals surface area contributed by atoms with E-state index in [2.05, 4.69) is 25.1 Å². The highest BCUT2D eigenvalue weighted by Gasteiger charge is 2.53. The van der Waals surface area contributed by atoms with Gasteiger partial charge in [-0.05, 0) is 36.4 Å². The summed E-state index contributed by atoms with van der Waals surface area (Å²) in [6.07, 6.45) is -5.67. The molecular weight excluding hydrogens is 436 g/mol. The second-order valence-electron chi connectivity index (χ2n) is 6.91. The molecule has 0 radical (unpaired) electrons. The van der Waals surface area contributed by atoms with E-state index in [1.165, 1.54) is 23.1 Å². The number of hydrogen-bond acceptors (Lipinski definition) is 7. The maximum atomic E-state index is 14.8. The number of cyclic esters (lactones) is 1. The van der Waals surface area contributed by atoms with Gasteiger partial charge in [0.25, 0.3) is 6.43 Å². The van der Waals surface area contributed by atoms with Crippen molar-refractivity contribution in [1.29, 1.82) is 0 Å². The molecule has 2 aromatic heterocycles. The molecule has 0 bridgehead atoms. The van der Waals surface area contributed by atoms with E-state index in [9.17, 15) is 27.5 Å². The van der Waals surface area contributed by atoms with Gasteiger partial charge in [-0.1, -0.05) is 6.07 Å². The third-order valence-corrected chi connectivity index (χ3v) is 4.87. The molecule has 32 heavy (non-hydrogen) atoms. The minimum absolute atomic E-state index is 0.0474. The van der Waals surface area contributed by atoms with Gasteiger partial charge in [0.1, 0.15) is 11.5 Å². The second kappa shape index (κ2) is 8.15. The van der Waals surface area contributed by atoms with Crippen LogP contribution in [0.4, 0.5) is 28.0 Å². The standard InChI is InChI=1S/C19H16F4N6O3/c1-2-29-26-16(25-27-29)14-6-3-10(8-24-14)12-5-4-11(7-13(12)20)28-9-15(32-18(28)30)19(23,31)17(21)22/h3-8,15,17,31H,2,9H2,1H3. The fourth-order valence-corrected chi connectivity index (χ4v) is 3.10. The Labute approximate surface area is 178 Å². The van der Waals surface area contributed by atoms with Crippen LogP contribution in [0.3, 0.4) is 0 Å². The number of aromatic nitrogens is 5. The molecule has 13 heteroatoms. The zero-order chi connectivity index (χ0) is 23.0. The summed E-state index contributed by atoms with van der Waals surface area (Å²) >= 11 is 0. The average Bonchev–Trinajstić information content (AvgIpc) is 3.41. The Hall–Kier alpha value is -3.61. The molecule has 1 N–H and O–H groups in total. The lowest BCUT2D eigenvalue weighted by atomic mass is 10.1. The van der Waals surface area contributed by atoms with Crippen molar-refractivity contribution in [3.05, 3.63) is 42.3 Å². The molecule has 0 saturated carbocycles. The first-order valence-corrected chi connectivity index (χ1v) is 9.42. The minimum Gasteiger partial charge on any atom is -0.438 e. The van der Waals surface area contributed by atoms with E-state index in [1.807, 2.05) is 6.92 Å². The summed E-state index contributed by atoms with van der Waals surface area (Å²) in [4.78, 5) is 18.3. The maximum absolute atomic E-state index is 14.8. The first kappa shape index (κ1) is 21.6. The van der Waals surface area contributed by atoms with Crippen LogP contribution < -0.4 is 4.90 Å². The number of nitrogens with zero attached hydrogens (tertiary/aromatic N) is 6. The molecule has 1 saturated heterocycles. The number of anilines is 1. The summed E-state index contributed by atoms with van der Waals surface area (Å²) in [6.45, 7) is 1.68. The van der Waals surface area contributed by atoms with Crippen LogP contribution >= 0.6 is 0 Å². The van der Waals surface area contributed by atoms with Crippen molar-refractivity contribution in [2.45, 2.75) is 31.9 Å². The highest BCUT2D eigenvalue weighted by Crippen LogP contribution is 2.33. The normalized spacial score (nSPS) is 18.2. The van der Waals surface area contributed by atoms with E-state index >= 15 is 0 Å². The van der Waals surface area contributed by atoms with Gasteiger partial charge in [0.15, 0.2) is 6.10 Å². The zero-order valence-corrected chi connectivity index (χ0v) is 16.5. The number of aliphatic hydroxyl groups is 1. The van der Waals surface area contributed by atoms with Gasteiger partial charge in [-0.2, -0.15) is 4.80 Å². The molecule has 0 aliphatic carbocycles. The minimum atomic E-state index is -4.02. The number of carbonyl (C=O) groups is 1. The van der Waals surface area contributed by atoms with Crippen molar-refractivity contribution in [3.63, 3.8) is 0 Å². The van der Waals surface area contributed by atoms with Crippen molar-refractivity contribution in [3.8, 4) is 22.6 Å². The van der Waals surface area contributed by atoms with Crippen molar-refractivity contribution >= 4 is 11.8 Å². The number of alkyl halides is 3. The molecule has 3 heterocycles. The van der Waals surface area contributed by atoms with Crippen LogP contribution in [0.2, 0.25) is 0 Å². The summed E-state index contributed by atoms with van der Waals surface area (Å²) in [6, 6.07) is 6.85. The summed E-state index contributed by atoms with van der Waals surface area (Å²) in [5.74, 6) is -4.45. The number of halogens is 4. The van der Waals surface area contributed by atoms with Crippen LogP contribution in [-0.4, -0.2) is 61.3 Å². The fraction of sp³-hybridized carbons (Fsp3) is 0.316. The third kappa shape index (κ3) is 3.86. The van der Waals surface area contributed by atoms with E-state index in [0.29, 0.717) is 23.6 Å². The number of carbonyl (C=O) groups excluding carboxylic acids is 1. The Morgan fingerprint density at radius 2 is 2.09 bits per heavy atom. The number of tetrazole rings is 1. The molecule has 168 valence electrons. The summed E-state index contributed by atoms with van der Waals surface area (Å²) in [5, 5.41) is 21.1. The van der Waals surface area contributed by atoms with Gasteiger partial charge < -0.3 is 9.84 Å². The van der Waals surface area contributed by atoms with Crippen LogP contribution in [0.15, 0.2) is 36.5 Å². The molecule has 0 spiro atoms. The van der Waals surface area contributed by atoms with Crippen LogP contribution in [0.5, 0.6) is 0 Å². The Morgan fingerprint density at radius 1 is 1.31 bits per heavy atom. The molecule has 2 atom stereocenters. The zero-order valence-electron chi connectivity index (χ0n) is 16.5. The Bertz CT molecular complexity index is 1140. The smallest absolute Gasteiger partial charge is 0.414 e. The maximum Gasteiger partial charge on any atom is 0.414 e. The lowest BCUT2D eigenvalue weighted by molar-refractivity contribution is -0.230. The van der Waals surface area contributed by atoms with Crippen LogP contribution in [0.1, 0.15) is 6.92 Å². The largest absolute Gasteiger partial charge is 0.438 e. The highest BCUT2D eigenvalue weighted by atomic mass is 19.3. The molecule has 1 aromatic carbocycles. The predicted octanol–water partition coefficient (Wildman–Crippen LogP) is 2.81. The van der Waals surface area contributed by atoms with Gasteiger partial charge in [-0.25, -0.2) is 22.4 Å². The van der Waals surface area contributed by atoms with Gasteiger partial charge >= 0.3 is 11.9 Å². The van der Waals surface area contributed by atoms with Crippen LogP contribution in [-0.2, 0) is 11.3 Å². The molecule has 4 rings (SSSR count). The van der Waals surface area contributed by atoms with Crippen LogP contribution in [0.25, 0.3) is 22.6 Å². The first-order valence-electron chi connectivity index (χ1n) is 9.42. The average molecular weight is 452 g/mol. The van der Waals surface area contributed by atoms with Crippen LogP contribution in [0, 0.1) is 5.82 Å². The van der Waals surface area contributed by atoms with Gasteiger partial charge in [-0.15, -0.1) is 10.2 Å². The lowest BCUT2D eigenvalue weighted by Crippen LogP contribution is -2.46. The highest BCUT2D eigenvalue weighted by molar-refractivity contribution is 5.90. The van der Waals surface area contributed by atoms with Crippen molar-refractivity contribution in [2.75, 3.05) is 11.4 Å². The number of hydrogen-bond donors (Lipinski definition) is 1. The molecule has 1 aliphatic heterocycles. The monoisotopic (exact) mass is 452 g/mol. The fourth-order valence-electron chi connectivity index (χ4n) is 3.10. The number of rotatable bonds is 6. The van der Waals surface area contributed by atoms with Crippen molar-refractivity contribution in [2.24, 2.45) is 0 Å². The van der Waals surface area contributed by atoms with Gasteiger partial charge in [-0.3, -0.25) is 9.88 Å². The molecule has 1 amide bonds. The molecule has 9 nitrogen and oxygen atoms in total. The van der Waals surface area contributed by atoms with Gasteiger partial charge in [0.05, 0.1) is 18.8 Å². The molecule has 2 unspecified atom stereocenters. The summed E-state index contributed by atoms with van der Waals surface area (Å²) in [5.41, 5.74) is 0.956. The van der Waals surface area contributed by atoms with Gasteiger partial charge in [0.2, 0.25) is 5.82 Å². The summed E-state index contributed by atoms with van der Waals surface area (Å²) < 4.78 is 58.3. The van der Waals surface area contributed by atoms with E-state index in [-0.39, 0.29) is 11.3 Å². The van der Waals surface area contributed by atoms with E-state index in [1.54, 1.807) is 12.1 Å². The second-order valence-corrected chi connectivity index (χ2v) is 6.91. The first-order chi connectivity index (χ1) is 15.2. The number of benzene rings is 1. The topological polar surface area (TPSA) is 106 Å². The third-order valence-electron chi connectivity index (χ3n) is 4.87. The lowest BCUT2D eigenvalue weighted by Gasteiger charge is -2.22. The van der Waals surface area contributed by atoms with Crippen molar-refractivity contribution in [1.82, 2.24) is 25.2 Å². The van der Waals surface area contributed by atoms with E-state index in [4.69, 9.17) is 0 Å². The quantitative estimate of drug-likeness (QED) is 0.574. The summed E-state index contributed by atoms with van der Waals surface area (Å²) in [7, 11) is 0. The number of ether oxygens (including phenoxy) is 1. The van der Waals surface area contributed by atoms with Crippen molar-refractivity contribution < 1.29 is 32.2 Å². The van der Waals surface area contributed by atoms with E-state index < -0.39 is 36.8 Å². The predicted molar refractivity (Wildman–Crippen MR) is 102 cm³/mol. The molecule has 1 fully saturated rings. The number of pyridine rings is 1. The number of aryl methyl sites for hydroxylation is 1. The molecule has 3 aromatic rings. The van der Waals surface area contributed by atoms with E-state index in [0.717, 1.165) is 11.0 Å². The SMILES string of the molecule is CCn1nnc(-c2ccc(-c3ccc(N4CC(C(O)(F)C(F)F)OC4=O)cc3F)cn2)n1. The Morgan fingerprint density at radius 3 is 2.69 bits per heavy atom. The molecule has 1 aliphatic rings.